The van der Waals surface area contributed by atoms with Crippen LogP contribution in [-0.2, 0) is 17.1 Å². The smallest absolute Gasteiger partial charge is 0.279 e. The molecule has 1 aliphatic rings. The molecule has 9 heteroatoms. The highest BCUT2D eigenvalue weighted by molar-refractivity contribution is 7.89. The number of ether oxygens (including phenoxy) is 1. The number of carbonyl (C=O) groups is 1. The summed E-state index contributed by atoms with van der Waals surface area (Å²) < 4.78 is 36.1. The number of rotatable bonds is 5. The van der Waals surface area contributed by atoms with E-state index in [9.17, 15) is 13.2 Å². The van der Waals surface area contributed by atoms with Crippen LogP contribution in [0.15, 0.2) is 52.4 Å². The second-order valence-corrected chi connectivity index (χ2v) is 11.7. The third-order valence-corrected chi connectivity index (χ3v) is 8.80. The van der Waals surface area contributed by atoms with Crippen molar-refractivity contribution >= 4 is 37.5 Å². The molecular weight excluding hydrogens is 458 g/mol. The Labute approximate surface area is 198 Å². The second kappa shape index (κ2) is 9.40. The van der Waals surface area contributed by atoms with Gasteiger partial charge in [-0.2, -0.15) is 9.30 Å². The molecule has 1 fully saturated rings. The van der Waals surface area contributed by atoms with Gasteiger partial charge in [0, 0.05) is 25.7 Å². The molecule has 0 radical (unpaired) electrons. The van der Waals surface area contributed by atoms with Crippen LogP contribution in [0, 0.1) is 11.8 Å². The minimum Gasteiger partial charge on any atom is -0.494 e. The number of thiazole rings is 1. The monoisotopic (exact) mass is 487 g/mol. The lowest BCUT2D eigenvalue weighted by atomic mass is 9.94. The molecule has 1 saturated heterocycles. The van der Waals surface area contributed by atoms with Crippen molar-refractivity contribution in [1.29, 1.82) is 0 Å². The first kappa shape index (κ1) is 23.7. The van der Waals surface area contributed by atoms with Gasteiger partial charge in [-0.15, -0.1) is 0 Å². The van der Waals surface area contributed by atoms with Gasteiger partial charge in [0.25, 0.3) is 5.91 Å². The van der Waals surface area contributed by atoms with Gasteiger partial charge in [0.15, 0.2) is 4.80 Å². The number of hydrogen-bond acceptors (Lipinski definition) is 5. The SMILES string of the molecule is CCOc1ccc2c(c1)sc(=NC(=O)c1ccc(S(=O)(=O)N3C[C@H](C)C[C@H](C)C3)cc1)n2C. The molecule has 3 aromatic rings. The maximum absolute atomic E-state index is 13.1. The summed E-state index contributed by atoms with van der Waals surface area (Å²) in [7, 11) is -1.72. The van der Waals surface area contributed by atoms with Gasteiger partial charge in [0.1, 0.15) is 5.75 Å². The minimum atomic E-state index is -3.58. The molecule has 2 aromatic carbocycles. The summed E-state index contributed by atoms with van der Waals surface area (Å²) >= 11 is 1.41. The molecule has 33 heavy (non-hydrogen) atoms. The van der Waals surface area contributed by atoms with Crippen molar-refractivity contribution in [1.82, 2.24) is 8.87 Å². The molecule has 1 amide bonds. The Bertz CT molecular complexity index is 1330. The van der Waals surface area contributed by atoms with E-state index in [1.54, 1.807) is 4.31 Å². The Hall–Kier alpha value is -2.49. The average Bonchev–Trinajstić information content (AvgIpc) is 3.08. The maximum Gasteiger partial charge on any atom is 0.279 e. The Morgan fingerprint density at radius 1 is 1.12 bits per heavy atom. The predicted octanol–water partition coefficient (Wildman–Crippen LogP) is 4.05. The van der Waals surface area contributed by atoms with E-state index in [1.165, 1.54) is 35.6 Å². The van der Waals surface area contributed by atoms with E-state index in [4.69, 9.17) is 4.74 Å². The van der Waals surface area contributed by atoms with Gasteiger partial charge >= 0.3 is 0 Å². The zero-order chi connectivity index (χ0) is 23.8. The highest BCUT2D eigenvalue weighted by atomic mass is 32.2. The minimum absolute atomic E-state index is 0.205. The van der Waals surface area contributed by atoms with Crippen molar-refractivity contribution in [2.45, 2.75) is 32.1 Å². The molecule has 2 heterocycles. The molecule has 176 valence electrons. The molecule has 0 unspecified atom stereocenters. The van der Waals surface area contributed by atoms with Crippen LogP contribution in [0.2, 0.25) is 0 Å². The summed E-state index contributed by atoms with van der Waals surface area (Å²) in [6.45, 7) is 7.72. The zero-order valence-corrected chi connectivity index (χ0v) is 20.9. The number of fused-ring (bicyclic) bond motifs is 1. The Morgan fingerprint density at radius 2 is 1.79 bits per heavy atom. The number of aromatic nitrogens is 1. The van der Waals surface area contributed by atoms with Gasteiger partial charge in [-0.05, 0) is 67.6 Å². The predicted molar refractivity (Wildman–Crippen MR) is 130 cm³/mol. The summed E-state index contributed by atoms with van der Waals surface area (Å²) in [5.41, 5.74) is 1.31. The van der Waals surface area contributed by atoms with Crippen molar-refractivity contribution in [2.24, 2.45) is 23.9 Å². The zero-order valence-electron chi connectivity index (χ0n) is 19.3. The molecule has 1 aliphatic heterocycles. The molecule has 7 nitrogen and oxygen atoms in total. The fourth-order valence-corrected chi connectivity index (χ4v) is 7.07. The van der Waals surface area contributed by atoms with Crippen molar-refractivity contribution in [3.8, 4) is 5.75 Å². The number of sulfonamides is 1. The van der Waals surface area contributed by atoms with Crippen LogP contribution in [0.25, 0.3) is 10.2 Å². The van der Waals surface area contributed by atoms with Gasteiger partial charge in [0.05, 0.1) is 21.7 Å². The van der Waals surface area contributed by atoms with Gasteiger partial charge < -0.3 is 9.30 Å². The fraction of sp³-hybridized carbons (Fsp3) is 0.417. The molecule has 0 aliphatic carbocycles. The van der Waals surface area contributed by atoms with Gasteiger partial charge in [0.2, 0.25) is 10.0 Å². The fourth-order valence-electron chi connectivity index (χ4n) is 4.35. The summed E-state index contributed by atoms with van der Waals surface area (Å²) in [5, 5.41) is 0. The lowest BCUT2D eigenvalue weighted by molar-refractivity contribution is 0.0998. The van der Waals surface area contributed by atoms with Gasteiger partial charge in [-0.1, -0.05) is 25.2 Å². The molecule has 2 atom stereocenters. The van der Waals surface area contributed by atoms with Crippen LogP contribution in [0.3, 0.4) is 0 Å². The van der Waals surface area contributed by atoms with E-state index >= 15 is 0 Å². The van der Waals surface area contributed by atoms with Crippen LogP contribution in [0.4, 0.5) is 0 Å². The van der Waals surface area contributed by atoms with Gasteiger partial charge in [-0.25, -0.2) is 8.42 Å². The molecule has 0 spiro atoms. The summed E-state index contributed by atoms with van der Waals surface area (Å²) in [6, 6.07) is 11.9. The topological polar surface area (TPSA) is 81.0 Å². The van der Waals surface area contributed by atoms with Crippen molar-refractivity contribution < 1.29 is 17.9 Å². The first-order valence-electron chi connectivity index (χ1n) is 11.1. The first-order chi connectivity index (χ1) is 15.7. The molecule has 0 bridgehead atoms. The van der Waals surface area contributed by atoms with E-state index in [1.807, 2.05) is 36.7 Å². The standard InChI is InChI=1S/C24H29N3O4S2/c1-5-31-19-8-11-21-22(13-19)32-24(26(21)4)25-23(28)18-6-9-20(10-7-18)33(29,30)27-14-16(2)12-17(3)15-27/h6-11,13,16-17H,5,12,14-15H2,1-4H3/t16-,17+. The van der Waals surface area contributed by atoms with Crippen molar-refractivity contribution in [3.05, 3.63) is 52.8 Å². The maximum atomic E-state index is 13.1. The van der Waals surface area contributed by atoms with Crippen LogP contribution in [0.5, 0.6) is 5.75 Å². The number of benzene rings is 2. The summed E-state index contributed by atoms with van der Waals surface area (Å²) in [4.78, 5) is 17.9. The number of amides is 1. The third kappa shape index (κ3) is 4.90. The number of piperidine rings is 1. The number of hydrogen-bond donors (Lipinski definition) is 0. The lowest BCUT2D eigenvalue weighted by Crippen LogP contribution is -2.42. The molecule has 4 rings (SSSR count). The molecular formula is C24H29N3O4S2. The average molecular weight is 488 g/mol. The van der Waals surface area contributed by atoms with E-state index in [0.717, 1.165) is 22.4 Å². The number of nitrogens with zero attached hydrogens (tertiary/aromatic N) is 3. The van der Waals surface area contributed by atoms with E-state index in [-0.39, 0.29) is 4.90 Å². The molecule has 0 saturated carbocycles. The summed E-state index contributed by atoms with van der Waals surface area (Å²) in [6.07, 6.45) is 1.03. The van der Waals surface area contributed by atoms with E-state index < -0.39 is 15.9 Å². The molecule has 1 aromatic heterocycles. The third-order valence-electron chi connectivity index (χ3n) is 5.86. The highest BCUT2D eigenvalue weighted by Crippen LogP contribution is 2.27. The molecule has 0 N–H and O–H groups in total. The first-order valence-corrected chi connectivity index (χ1v) is 13.4. The van der Waals surface area contributed by atoms with Crippen LogP contribution in [0.1, 0.15) is 37.6 Å². The number of aryl methyl sites for hydroxylation is 1. The Balaban J connectivity index is 1.59. The lowest BCUT2D eigenvalue weighted by Gasteiger charge is -2.34. The summed E-state index contributed by atoms with van der Waals surface area (Å²) in [5.74, 6) is 1.02. The highest BCUT2D eigenvalue weighted by Gasteiger charge is 2.31. The van der Waals surface area contributed by atoms with Gasteiger partial charge in [-0.3, -0.25) is 4.79 Å². The van der Waals surface area contributed by atoms with Crippen LogP contribution >= 0.6 is 11.3 Å². The quantitative estimate of drug-likeness (QED) is 0.544. The van der Waals surface area contributed by atoms with E-state index in [2.05, 4.69) is 18.8 Å². The Kier molecular flexibility index (Phi) is 6.74. The van der Waals surface area contributed by atoms with Crippen molar-refractivity contribution in [3.63, 3.8) is 0 Å². The Morgan fingerprint density at radius 3 is 2.42 bits per heavy atom. The normalized spacial score (nSPS) is 20.3. The van der Waals surface area contributed by atoms with Crippen LogP contribution < -0.4 is 9.54 Å². The van der Waals surface area contributed by atoms with Crippen LogP contribution in [-0.4, -0.2) is 42.9 Å². The second-order valence-electron chi connectivity index (χ2n) is 8.72. The number of carbonyl (C=O) groups excluding carboxylic acids is 1. The van der Waals surface area contributed by atoms with E-state index in [0.29, 0.717) is 41.9 Å². The van der Waals surface area contributed by atoms with Crippen molar-refractivity contribution in [2.75, 3.05) is 19.7 Å². The largest absolute Gasteiger partial charge is 0.494 e.